The molecule has 0 radical (unpaired) electrons. The molecule has 0 aromatic heterocycles. The Bertz CT molecular complexity index is 300. The maximum Gasteiger partial charge on any atom is 0.0465 e. The van der Waals surface area contributed by atoms with Crippen LogP contribution < -0.4 is 0 Å². The van der Waals surface area contributed by atoms with Crippen molar-refractivity contribution in [3.63, 3.8) is 0 Å². The molecule has 0 rings (SSSR count). The first-order chi connectivity index (χ1) is 22.4. The van der Waals surface area contributed by atoms with Crippen molar-refractivity contribution in [2.45, 2.75) is 135 Å². The van der Waals surface area contributed by atoms with Gasteiger partial charge in [0.1, 0.15) is 0 Å². The first-order valence-corrected chi connectivity index (χ1v) is 18.6. The number of hydrogen-bond donors (Lipinski definition) is 0. The van der Waals surface area contributed by atoms with Gasteiger partial charge >= 0.3 is 0 Å². The number of methoxy groups -OCH3 is 5. The number of hydrogen-bond acceptors (Lipinski definition) is 8. The van der Waals surface area contributed by atoms with E-state index >= 15 is 0 Å². The average Bonchev–Trinajstić information content (AvgIpc) is 3.08. The summed E-state index contributed by atoms with van der Waals surface area (Å²) in [7, 11) is 8.40. The first kappa shape index (κ1) is 65.1. The Labute approximate surface area is 299 Å². The summed E-state index contributed by atoms with van der Waals surface area (Å²) in [6.45, 7) is 38.8. The van der Waals surface area contributed by atoms with Crippen LogP contribution in [0.2, 0.25) is 0 Å². The van der Waals surface area contributed by atoms with Gasteiger partial charge in [-0.1, -0.05) is 41.5 Å². The molecule has 0 amide bonds. The normalized spacial score (nSPS) is 9.32. The third kappa shape index (κ3) is 169. The second-order valence-corrected chi connectivity index (χ2v) is 11.1. The van der Waals surface area contributed by atoms with Crippen LogP contribution in [-0.2, 0) is 37.9 Å². The van der Waals surface area contributed by atoms with Gasteiger partial charge in [0, 0.05) is 108 Å². The minimum atomic E-state index is 0.819. The Kier molecular flexibility index (Phi) is 111. The summed E-state index contributed by atoms with van der Waals surface area (Å²) in [6, 6.07) is 0. The predicted molar refractivity (Wildman–Crippen MR) is 209 cm³/mol. The van der Waals surface area contributed by atoms with Crippen molar-refractivity contribution in [1.82, 2.24) is 0 Å². The van der Waals surface area contributed by atoms with Gasteiger partial charge in [-0.3, -0.25) is 0 Å². The Hall–Kier alpha value is -0.320. The molecule has 0 atom stereocenters. The summed E-state index contributed by atoms with van der Waals surface area (Å²) in [5, 5.41) is 0. The second kappa shape index (κ2) is 80.4. The van der Waals surface area contributed by atoms with Gasteiger partial charge in [-0.2, -0.15) is 0 Å². The lowest BCUT2D eigenvalue weighted by atomic mass is 10.1. The van der Waals surface area contributed by atoms with Crippen molar-refractivity contribution >= 4 is 0 Å². The first-order valence-electron chi connectivity index (χ1n) is 18.6. The van der Waals surface area contributed by atoms with Crippen LogP contribution in [0.25, 0.3) is 0 Å². The maximum absolute atomic E-state index is 5.18. The maximum atomic E-state index is 5.18. The smallest absolute Gasteiger partial charge is 0.0465 e. The molecule has 0 spiro atoms. The highest BCUT2D eigenvalue weighted by atomic mass is 16.5. The summed E-state index contributed by atoms with van der Waals surface area (Å²) < 4.78 is 38.3. The molecule has 8 nitrogen and oxygen atoms in total. The molecule has 0 bridgehead atoms. The standard InChI is InChI=1S/3C8H18O.5C3H8O/c3*1-4-9-7-5-6-8(2)3;5*1-3-4-2/h3*8H,4-7H2,1-3H3;5*3H2,1-2H3. The third-order valence-electron chi connectivity index (χ3n) is 5.27. The third-order valence-corrected chi connectivity index (χ3v) is 5.27. The van der Waals surface area contributed by atoms with E-state index in [1.54, 1.807) is 35.5 Å². The van der Waals surface area contributed by atoms with Crippen molar-refractivity contribution in [1.29, 1.82) is 0 Å². The summed E-state index contributed by atoms with van der Waals surface area (Å²) in [6.07, 6.45) is 7.52. The fraction of sp³-hybridized carbons (Fsp3) is 1.00. The Balaban J connectivity index is -0.0000000637. The van der Waals surface area contributed by atoms with Gasteiger partial charge in [-0.15, -0.1) is 0 Å². The van der Waals surface area contributed by atoms with Crippen molar-refractivity contribution in [3.05, 3.63) is 0 Å². The van der Waals surface area contributed by atoms with E-state index in [9.17, 15) is 0 Å². The van der Waals surface area contributed by atoms with E-state index in [-0.39, 0.29) is 0 Å². The lowest BCUT2D eigenvalue weighted by molar-refractivity contribution is 0.140. The van der Waals surface area contributed by atoms with Crippen LogP contribution in [0.4, 0.5) is 0 Å². The summed E-state index contributed by atoms with van der Waals surface area (Å²) in [5.74, 6) is 2.47. The van der Waals surface area contributed by atoms with Crippen LogP contribution in [0.1, 0.15) is 135 Å². The van der Waals surface area contributed by atoms with Crippen LogP contribution in [0, 0.1) is 17.8 Å². The van der Waals surface area contributed by atoms with E-state index in [1.165, 1.54) is 38.5 Å². The quantitative estimate of drug-likeness (QED) is 0.117. The van der Waals surface area contributed by atoms with Crippen molar-refractivity contribution in [3.8, 4) is 0 Å². The molecular formula is C39H94O8. The largest absolute Gasteiger partial charge is 0.385 e. The minimum Gasteiger partial charge on any atom is -0.385 e. The number of ether oxygens (including phenoxy) is 8. The van der Waals surface area contributed by atoms with E-state index in [4.69, 9.17) is 14.2 Å². The van der Waals surface area contributed by atoms with Gasteiger partial charge in [0.15, 0.2) is 0 Å². The molecule has 0 unspecified atom stereocenters. The lowest BCUT2D eigenvalue weighted by Gasteiger charge is -2.02. The number of rotatable bonds is 20. The fourth-order valence-electron chi connectivity index (χ4n) is 2.21. The molecule has 298 valence electrons. The Morgan fingerprint density at radius 3 is 0.532 bits per heavy atom. The second-order valence-electron chi connectivity index (χ2n) is 11.1. The molecule has 0 heterocycles. The van der Waals surface area contributed by atoms with Crippen LogP contribution >= 0.6 is 0 Å². The SMILES string of the molecule is CCOC.CCOC.CCOC.CCOC.CCOC.CCOCCCC(C)C.CCOCCCC(C)C.CCOCCCC(C)C. The van der Waals surface area contributed by atoms with Crippen molar-refractivity contribution < 1.29 is 37.9 Å². The van der Waals surface area contributed by atoms with Gasteiger partial charge < -0.3 is 37.9 Å². The molecular weight excluding hydrogens is 596 g/mol. The van der Waals surface area contributed by atoms with E-state index < -0.39 is 0 Å². The monoisotopic (exact) mass is 691 g/mol. The Morgan fingerprint density at radius 2 is 0.447 bits per heavy atom. The molecule has 0 aromatic rings. The molecule has 47 heavy (non-hydrogen) atoms. The molecule has 0 fully saturated rings. The molecule has 0 aromatic carbocycles. The highest BCUT2D eigenvalue weighted by Crippen LogP contribution is 2.03. The zero-order chi connectivity index (χ0) is 38.4. The van der Waals surface area contributed by atoms with E-state index in [0.29, 0.717) is 0 Å². The summed E-state index contributed by atoms with van der Waals surface area (Å²) in [5.41, 5.74) is 0. The molecule has 0 saturated carbocycles. The molecule has 0 aliphatic heterocycles. The zero-order valence-electron chi connectivity index (χ0n) is 36.0. The van der Waals surface area contributed by atoms with Crippen LogP contribution in [-0.4, -0.2) is 108 Å². The van der Waals surface area contributed by atoms with Gasteiger partial charge in [0.05, 0.1) is 0 Å². The van der Waals surface area contributed by atoms with Gasteiger partial charge in [0.2, 0.25) is 0 Å². The van der Waals surface area contributed by atoms with Crippen LogP contribution in [0.3, 0.4) is 0 Å². The molecule has 0 aliphatic rings. The van der Waals surface area contributed by atoms with Crippen molar-refractivity contribution in [2.24, 2.45) is 17.8 Å². The van der Waals surface area contributed by atoms with Crippen molar-refractivity contribution in [2.75, 3.05) is 108 Å². The van der Waals surface area contributed by atoms with E-state index in [0.717, 1.165) is 90.4 Å². The van der Waals surface area contributed by atoms with Gasteiger partial charge in [-0.25, -0.2) is 0 Å². The Morgan fingerprint density at radius 1 is 0.298 bits per heavy atom. The molecule has 8 heteroatoms. The summed E-state index contributed by atoms with van der Waals surface area (Å²) in [4.78, 5) is 0. The fourth-order valence-corrected chi connectivity index (χ4v) is 2.21. The predicted octanol–water partition coefficient (Wildman–Crippen LogP) is 10.6. The van der Waals surface area contributed by atoms with Crippen LogP contribution in [0.15, 0.2) is 0 Å². The average molecular weight is 691 g/mol. The lowest BCUT2D eigenvalue weighted by Crippen LogP contribution is -1.95. The van der Waals surface area contributed by atoms with E-state index in [1.807, 2.05) is 55.4 Å². The van der Waals surface area contributed by atoms with Crippen LogP contribution in [0.5, 0.6) is 0 Å². The minimum absolute atomic E-state index is 0.819. The van der Waals surface area contributed by atoms with Gasteiger partial charge in [0.25, 0.3) is 0 Å². The summed E-state index contributed by atoms with van der Waals surface area (Å²) >= 11 is 0. The molecule has 0 saturated heterocycles. The molecule has 0 aliphatic carbocycles. The topological polar surface area (TPSA) is 73.8 Å². The highest BCUT2D eigenvalue weighted by Gasteiger charge is 1.93. The molecule has 0 N–H and O–H groups in total. The highest BCUT2D eigenvalue weighted by molar-refractivity contribution is 4.45. The van der Waals surface area contributed by atoms with Gasteiger partial charge in [-0.05, 0) is 112 Å². The zero-order valence-corrected chi connectivity index (χ0v) is 36.0. The van der Waals surface area contributed by atoms with E-state index in [2.05, 4.69) is 65.2 Å².